The van der Waals surface area contributed by atoms with E-state index in [0.29, 0.717) is 12.5 Å². The molecule has 0 aliphatic heterocycles. The van der Waals surface area contributed by atoms with Gasteiger partial charge in [0.05, 0.1) is 6.61 Å². The molecule has 17 heavy (non-hydrogen) atoms. The normalized spacial score (nSPS) is 25.9. The summed E-state index contributed by atoms with van der Waals surface area (Å²) in [5.74, 6) is -0.0988. The van der Waals surface area contributed by atoms with Crippen LogP contribution in [-0.2, 0) is 14.3 Å². The van der Waals surface area contributed by atoms with E-state index in [1.54, 1.807) is 6.92 Å². The molecule has 1 rings (SSSR count). The summed E-state index contributed by atoms with van der Waals surface area (Å²) in [5, 5.41) is 0. The van der Waals surface area contributed by atoms with E-state index in [1.807, 2.05) is 13.8 Å². The number of carbonyl (C=O) groups excluding carboxylic acids is 2. The molecule has 0 aromatic rings. The molecule has 0 heterocycles. The first-order valence-electron chi connectivity index (χ1n) is 6.67. The predicted octanol–water partition coefficient (Wildman–Crippen LogP) is 2.83. The fourth-order valence-corrected chi connectivity index (χ4v) is 2.67. The van der Waals surface area contributed by atoms with Crippen LogP contribution in [0.1, 0.15) is 47.0 Å². The maximum Gasteiger partial charge on any atom is 0.316 e. The Balaban J connectivity index is 2.70. The molecule has 0 amide bonds. The van der Waals surface area contributed by atoms with Gasteiger partial charge in [-0.1, -0.05) is 20.8 Å². The first-order valence-corrected chi connectivity index (χ1v) is 6.67. The van der Waals surface area contributed by atoms with E-state index in [1.165, 1.54) is 0 Å². The van der Waals surface area contributed by atoms with Crippen molar-refractivity contribution in [2.45, 2.75) is 47.0 Å². The summed E-state index contributed by atoms with van der Waals surface area (Å²) >= 11 is 0. The molecule has 98 valence electrons. The van der Waals surface area contributed by atoms with Gasteiger partial charge in [-0.2, -0.15) is 0 Å². The molecular weight excluding hydrogens is 216 g/mol. The number of hydrogen-bond donors (Lipinski definition) is 0. The monoisotopic (exact) mass is 240 g/mol. The van der Waals surface area contributed by atoms with Gasteiger partial charge < -0.3 is 4.74 Å². The van der Waals surface area contributed by atoms with E-state index in [4.69, 9.17) is 4.74 Å². The topological polar surface area (TPSA) is 43.4 Å². The highest BCUT2D eigenvalue weighted by molar-refractivity contribution is 6.00. The number of hydrogen-bond acceptors (Lipinski definition) is 3. The number of Topliss-reactive ketones (excluding diaryl/α,β-unsaturated/α-hetero) is 1. The molecule has 3 unspecified atom stereocenters. The van der Waals surface area contributed by atoms with Gasteiger partial charge >= 0.3 is 5.97 Å². The molecule has 0 aromatic heterocycles. The molecule has 1 saturated carbocycles. The lowest BCUT2D eigenvalue weighted by Gasteiger charge is -2.21. The predicted molar refractivity (Wildman–Crippen MR) is 66.5 cm³/mol. The smallest absolute Gasteiger partial charge is 0.316 e. The van der Waals surface area contributed by atoms with Crippen molar-refractivity contribution in [2.75, 3.05) is 6.61 Å². The van der Waals surface area contributed by atoms with E-state index in [2.05, 4.69) is 6.92 Å². The summed E-state index contributed by atoms with van der Waals surface area (Å²) in [4.78, 5) is 24.2. The van der Waals surface area contributed by atoms with Crippen molar-refractivity contribution in [1.82, 2.24) is 0 Å². The maximum absolute atomic E-state index is 12.3. The van der Waals surface area contributed by atoms with E-state index in [-0.39, 0.29) is 23.6 Å². The lowest BCUT2D eigenvalue weighted by molar-refractivity contribution is -0.154. The highest BCUT2D eigenvalue weighted by Crippen LogP contribution is 2.34. The van der Waals surface area contributed by atoms with Gasteiger partial charge in [0.1, 0.15) is 11.7 Å². The third kappa shape index (κ3) is 3.55. The zero-order chi connectivity index (χ0) is 13.0. The lowest BCUT2D eigenvalue weighted by atomic mass is 9.84. The first kappa shape index (κ1) is 14.2. The summed E-state index contributed by atoms with van der Waals surface area (Å²) in [7, 11) is 0. The van der Waals surface area contributed by atoms with Gasteiger partial charge in [0, 0.05) is 5.92 Å². The largest absolute Gasteiger partial charge is 0.465 e. The molecule has 0 saturated heterocycles. The van der Waals surface area contributed by atoms with Crippen molar-refractivity contribution in [3.8, 4) is 0 Å². The fraction of sp³-hybridized carbons (Fsp3) is 0.857. The van der Waals surface area contributed by atoms with Gasteiger partial charge in [-0.05, 0) is 38.0 Å². The van der Waals surface area contributed by atoms with Crippen LogP contribution in [-0.4, -0.2) is 18.4 Å². The van der Waals surface area contributed by atoms with Crippen LogP contribution in [0.25, 0.3) is 0 Å². The average Bonchev–Trinajstić information content (AvgIpc) is 2.64. The molecule has 0 N–H and O–H groups in total. The van der Waals surface area contributed by atoms with Gasteiger partial charge in [0.15, 0.2) is 0 Å². The third-order valence-corrected chi connectivity index (χ3v) is 3.61. The molecule has 0 radical (unpaired) electrons. The zero-order valence-electron chi connectivity index (χ0n) is 11.4. The van der Waals surface area contributed by atoms with Crippen molar-refractivity contribution in [1.29, 1.82) is 0 Å². The van der Waals surface area contributed by atoms with Crippen LogP contribution in [0.15, 0.2) is 0 Å². The van der Waals surface area contributed by atoms with Gasteiger partial charge in [-0.25, -0.2) is 0 Å². The molecule has 3 nitrogen and oxygen atoms in total. The SMILES string of the molecule is CCOC(=O)C(C(=O)C1CCC(C)C1)C(C)C. The zero-order valence-corrected chi connectivity index (χ0v) is 11.4. The lowest BCUT2D eigenvalue weighted by Crippen LogP contribution is -2.34. The van der Waals surface area contributed by atoms with Crippen LogP contribution in [0.3, 0.4) is 0 Å². The van der Waals surface area contributed by atoms with Crippen LogP contribution < -0.4 is 0 Å². The van der Waals surface area contributed by atoms with Crippen LogP contribution in [0, 0.1) is 23.7 Å². The van der Waals surface area contributed by atoms with E-state index < -0.39 is 5.92 Å². The quantitative estimate of drug-likeness (QED) is 0.548. The molecule has 0 spiro atoms. The molecule has 1 aliphatic carbocycles. The minimum Gasteiger partial charge on any atom is -0.465 e. The highest BCUT2D eigenvalue weighted by Gasteiger charge is 2.38. The average molecular weight is 240 g/mol. The second kappa shape index (κ2) is 6.18. The minimum absolute atomic E-state index is 0.0254. The van der Waals surface area contributed by atoms with Crippen molar-refractivity contribution in [2.24, 2.45) is 23.7 Å². The number of rotatable bonds is 5. The second-order valence-corrected chi connectivity index (χ2v) is 5.49. The number of esters is 1. The third-order valence-electron chi connectivity index (χ3n) is 3.61. The summed E-state index contributed by atoms with van der Waals surface area (Å²) in [6.45, 7) is 8.12. The van der Waals surface area contributed by atoms with Crippen molar-refractivity contribution in [3.05, 3.63) is 0 Å². The Morgan fingerprint density at radius 3 is 2.35 bits per heavy atom. The van der Waals surface area contributed by atoms with Gasteiger partial charge in [0.25, 0.3) is 0 Å². The number of ether oxygens (including phenoxy) is 1. The Bertz CT molecular complexity index is 283. The Hall–Kier alpha value is -0.860. The minimum atomic E-state index is -0.565. The fourth-order valence-electron chi connectivity index (χ4n) is 2.67. The summed E-state index contributed by atoms with van der Waals surface area (Å²) < 4.78 is 5.01. The number of ketones is 1. The highest BCUT2D eigenvalue weighted by atomic mass is 16.5. The van der Waals surface area contributed by atoms with E-state index >= 15 is 0 Å². The summed E-state index contributed by atoms with van der Waals surface area (Å²) in [5.41, 5.74) is 0. The van der Waals surface area contributed by atoms with Gasteiger partial charge in [-0.15, -0.1) is 0 Å². The van der Waals surface area contributed by atoms with Crippen LogP contribution >= 0.6 is 0 Å². The van der Waals surface area contributed by atoms with E-state index in [9.17, 15) is 9.59 Å². The summed E-state index contributed by atoms with van der Waals surface area (Å²) in [6.07, 6.45) is 2.97. The van der Waals surface area contributed by atoms with Gasteiger partial charge in [0.2, 0.25) is 0 Å². The van der Waals surface area contributed by atoms with Crippen LogP contribution in [0.5, 0.6) is 0 Å². The Labute approximate surface area is 104 Å². The van der Waals surface area contributed by atoms with Crippen molar-refractivity contribution >= 4 is 11.8 Å². The Morgan fingerprint density at radius 2 is 1.94 bits per heavy atom. The van der Waals surface area contributed by atoms with Crippen molar-refractivity contribution < 1.29 is 14.3 Å². The van der Waals surface area contributed by atoms with Crippen LogP contribution in [0.2, 0.25) is 0 Å². The Kier molecular flexibility index (Phi) is 5.16. The number of carbonyl (C=O) groups is 2. The van der Waals surface area contributed by atoms with Gasteiger partial charge in [-0.3, -0.25) is 9.59 Å². The molecule has 1 fully saturated rings. The molecule has 1 aliphatic rings. The Morgan fingerprint density at radius 1 is 1.29 bits per heavy atom. The maximum atomic E-state index is 12.3. The van der Waals surface area contributed by atoms with E-state index in [0.717, 1.165) is 19.3 Å². The summed E-state index contributed by atoms with van der Waals surface area (Å²) in [6, 6.07) is 0. The molecule has 0 bridgehead atoms. The molecule has 0 aromatic carbocycles. The van der Waals surface area contributed by atoms with Crippen LogP contribution in [0.4, 0.5) is 0 Å². The first-order chi connectivity index (χ1) is 7.97. The second-order valence-electron chi connectivity index (χ2n) is 5.49. The molecular formula is C14H24O3. The standard InChI is InChI=1S/C14H24O3/c1-5-17-14(16)12(9(2)3)13(15)11-7-6-10(4)8-11/h9-12H,5-8H2,1-4H3. The van der Waals surface area contributed by atoms with Crippen molar-refractivity contribution in [3.63, 3.8) is 0 Å². The molecule has 3 atom stereocenters. The molecule has 3 heteroatoms.